The molecule has 0 aromatic carbocycles. The zero-order valence-electron chi connectivity index (χ0n) is 20.1. The number of fused-ring (bicyclic) bond motifs is 1. The highest BCUT2D eigenvalue weighted by atomic mass is 16.7. The molecule has 0 aromatic rings. The van der Waals surface area contributed by atoms with Crippen LogP contribution in [0.5, 0.6) is 0 Å². The number of allylic oxidation sites excluding steroid dienone is 3. The van der Waals surface area contributed by atoms with Gasteiger partial charge in [-0.05, 0) is 69.2 Å². The fourth-order valence-corrected chi connectivity index (χ4v) is 4.70. The number of ether oxygens (including phenoxy) is 3. The largest absolute Gasteiger partial charge is 0.458 e. The number of carbonyl (C=O) groups excluding carboxylic acids is 2. The summed E-state index contributed by atoms with van der Waals surface area (Å²) in [6, 6.07) is 0. The first-order valence-electron chi connectivity index (χ1n) is 11.5. The van der Waals surface area contributed by atoms with Gasteiger partial charge in [-0.1, -0.05) is 49.3 Å². The molecule has 3 rings (SSSR count). The minimum Gasteiger partial charge on any atom is -0.458 e. The Hall–Kier alpha value is -2.24. The zero-order chi connectivity index (χ0) is 23.5. The van der Waals surface area contributed by atoms with E-state index in [2.05, 4.69) is 45.9 Å². The van der Waals surface area contributed by atoms with Crippen LogP contribution in [0.1, 0.15) is 60.8 Å². The molecule has 2 aliphatic heterocycles. The molecule has 0 amide bonds. The van der Waals surface area contributed by atoms with E-state index in [4.69, 9.17) is 14.2 Å². The Labute approximate surface area is 191 Å². The first-order valence-corrected chi connectivity index (χ1v) is 11.5. The summed E-state index contributed by atoms with van der Waals surface area (Å²) >= 11 is 0. The van der Waals surface area contributed by atoms with Crippen molar-refractivity contribution in [2.75, 3.05) is 0 Å². The van der Waals surface area contributed by atoms with Gasteiger partial charge in [-0.15, -0.1) is 0 Å². The van der Waals surface area contributed by atoms with Gasteiger partial charge in [0.15, 0.2) is 0 Å². The van der Waals surface area contributed by atoms with E-state index in [1.54, 1.807) is 6.08 Å². The van der Waals surface area contributed by atoms with E-state index < -0.39 is 5.79 Å². The predicted molar refractivity (Wildman–Crippen MR) is 125 cm³/mol. The quantitative estimate of drug-likeness (QED) is 0.315. The van der Waals surface area contributed by atoms with Gasteiger partial charge in [-0.25, -0.2) is 0 Å². The summed E-state index contributed by atoms with van der Waals surface area (Å²) in [6.07, 6.45) is 14.6. The van der Waals surface area contributed by atoms with E-state index in [9.17, 15) is 9.59 Å². The maximum atomic E-state index is 12.0. The maximum absolute atomic E-state index is 12.0. The van der Waals surface area contributed by atoms with Crippen molar-refractivity contribution in [2.24, 2.45) is 11.8 Å². The molecule has 0 N–H and O–H groups in total. The molecule has 0 radical (unpaired) electrons. The summed E-state index contributed by atoms with van der Waals surface area (Å²) in [5.74, 6) is -1.03. The number of esters is 1. The van der Waals surface area contributed by atoms with Crippen molar-refractivity contribution < 1.29 is 23.8 Å². The lowest BCUT2D eigenvalue weighted by atomic mass is 9.78. The summed E-state index contributed by atoms with van der Waals surface area (Å²) in [6.45, 7) is 11.8. The smallest absolute Gasteiger partial charge is 0.303 e. The molecule has 5 nitrogen and oxygen atoms in total. The predicted octanol–water partition coefficient (Wildman–Crippen LogP) is 5.39. The summed E-state index contributed by atoms with van der Waals surface area (Å²) in [7, 11) is 0. The lowest BCUT2D eigenvalue weighted by molar-refractivity contribution is -0.226. The van der Waals surface area contributed by atoms with Crippen molar-refractivity contribution in [2.45, 2.75) is 84.9 Å². The third kappa shape index (κ3) is 5.96. The number of hydrogen-bond donors (Lipinski definition) is 0. The third-order valence-corrected chi connectivity index (χ3v) is 6.10. The van der Waals surface area contributed by atoms with Gasteiger partial charge in [0, 0.05) is 12.8 Å². The molecule has 5 heteroatoms. The molecule has 5 atom stereocenters. The average molecular weight is 441 g/mol. The number of hydrogen-bond acceptors (Lipinski definition) is 5. The number of rotatable bonds is 6. The second kappa shape index (κ2) is 10.1. The molecule has 2 heterocycles. The first kappa shape index (κ1) is 24.4. The molecule has 0 fully saturated rings. The van der Waals surface area contributed by atoms with Crippen molar-refractivity contribution in [3.8, 4) is 0 Å². The Morgan fingerprint density at radius 1 is 1.25 bits per heavy atom. The van der Waals surface area contributed by atoms with Crippen molar-refractivity contribution in [1.29, 1.82) is 0 Å². The van der Waals surface area contributed by atoms with Crippen LogP contribution in [-0.4, -0.2) is 36.4 Å². The maximum Gasteiger partial charge on any atom is 0.303 e. The molecular weight excluding hydrogens is 404 g/mol. The standard InChI is InChI=1S/C27H36O5/c1-17(2)8-7-9-18(3)10-23-11-19(4)14-27(31-23)15-22(16-28)24-13-25(30-21(6)29)20(5)12-26(24)32-27/h7-8,10,12,14-17,23-26H,9,11,13H2,1-6H3. The highest BCUT2D eigenvalue weighted by Gasteiger charge is 2.46. The molecular formula is C27H36O5. The van der Waals surface area contributed by atoms with E-state index in [1.807, 2.05) is 19.1 Å². The molecule has 32 heavy (non-hydrogen) atoms. The third-order valence-electron chi connectivity index (χ3n) is 6.10. The lowest BCUT2D eigenvalue weighted by Gasteiger charge is -2.46. The second-order valence-corrected chi connectivity index (χ2v) is 9.66. The summed E-state index contributed by atoms with van der Waals surface area (Å²) < 4.78 is 18.4. The van der Waals surface area contributed by atoms with Gasteiger partial charge < -0.3 is 14.2 Å². The van der Waals surface area contributed by atoms with E-state index in [0.29, 0.717) is 17.9 Å². The van der Waals surface area contributed by atoms with Gasteiger partial charge in [0.05, 0.1) is 12.2 Å². The molecule has 1 spiro atoms. The van der Waals surface area contributed by atoms with E-state index >= 15 is 0 Å². The molecule has 0 saturated carbocycles. The molecule has 3 aliphatic rings. The fourth-order valence-electron chi connectivity index (χ4n) is 4.70. The fraction of sp³-hybridized carbons (Fsp3) is 0.556. The van der Waals surface area contributed by atoms with Crippen molar-refractivity contribution >= 4 is 12.3 Å². The van der Waals surface area contributed by atoms with Crippen LogP contribution < -0.4 is 0 Å². The number of aldehydes is 1. The Kier molecular flexibility index (Phi) is 7.73. The summed E-state index contributed by atoms with van der Waals surface area (Å²) in [4.78, 5) is 23.5. The van der Waals surface area contributed by atoms with Gasteiger partial charge >= 0.3 is 5.97 Å². The van der Waals surface area contributed by atoms with Crippen LogP contribution in [0.25, 0.3) is 0 Å². The lowest BCUT2D eigenvalue weighted by Crippen LogP contribution is -2.49. The van der Waals surface area contributed by atoms with Crippen LogP contribution in [0.3, 0.4) is 0 Å². The van der Waals surface area contributed by atoms with Gasteiger partial charge in [0.25, 0.3) is 0 Å². The van der Waals surface area contributed by atoms with Crippen LogP contribution in [-0.2, 0) is 23.8 Å². The van der Waals surface area contributed by atoms with Gasteiger partial charge in [0.2, 0.25) is 5.79 Å². The second-order valence-electron chi connectivity index (χ2n) is 9.66. The SMILES string of the molecule is CC(=O)OC1CC2C(C=O)=CC3(C=C(C)CC(C=C(C)CC=CC(C)C)O3)OC2C=C1C. The molecule has 174 valence electrons. The topological polar surface area (TPSA) is 61.8 Å². The Bertz CT molecular complexity index is 888. The Morgan fingerprint density at radius 2 is 2.00 bits per heavy atom. The molecule has 5 unspecified atom stereocenters. The van der Waals surface area contributed by atoms with Crippen molar-refractivity contribution in [3.05, 3.63) is 58.7 Å². The van der Waals surface area contributed by atoms with Gasteiger partial charge in [0.1, 0.15) is 12.4 Å². The molecule has 0 aromatic heterocycles. The summed E-state index contributed by atoms with van der Waals surface area (Å²) in [5.41, 5.74) is 3.97. The van der Waals surface area contributed by atoms with Gasteiger partial charge in [-0.3, -0.25) is 9.59 Å². The minimum atomic E-state index is -1.07. The molecule has 1 aliphatic carbocycles. The molecule has 0 saturated heterocycles. The van der Waals surface area contributed by atoms with Gasteiger partial charge in [-0.2, -0.15) is 0 Å². The molecule has 0 bridgehead atoms. The van der Waals surface area contributed by atoms with Crippen LogP contribution >= 0.6 is 0 Å². The van der Waals surface area contributed by atoms with Crippen LogP contribution in [0.4, 0.5) is 0 Å². The summed E-state index contributed by atoms with van der Waals surface area (Å²) in [5, 5.41) is 0. The van der Waals surface area contributed by atoms with Crippen LogP contribution in [0.2, 0.25) is 0 Å². The highest BCUT2D eigenvalue weighted by Crippen LogP contribution is 2.43. The number of carbonyl (C=O) groups is 2. The average Bonchev–Trinajstić information content (AvgIpc) is 2.67. The zero-order valence-corrected chi connectivity index (χ0v) is 20.1. The highest BCUT2D eigenvalue weighted by molar-refractivity contribution is 5.75. The minimum absolute atomic E-state index is 0.129. The monoisotopic (exact) mass is 440 g/mol. The van der Waals surface area contributed by atoms with Crippen molar-refractivity contribution in [1.82, 2.24) is 0 Å². The Morgan fingerprint density at radius 3 is 2.66 bits per heavy atom. The van der Waals surface area contributed by atoms with E-state index in [1.165, 1.54) is 12.5 Å². The normalized spacial score (nSPS) is 33.0. The van der Waals surface area contributed by atoms with Crippen LogP contribution in [0.15, 0.2) is 58.7 Å². The van der Waals surface area contributed by atoms with E-state index in [0.717, 1.165) is 30.3 Å². The van der Waals surface area contributed by atoms with E-state index in [-0.39, 0.29) is 30.2 Å². The van der Waals surface area contributed by atoms with Crippen LogP contribution in [0, 0.1) is 11.8 Å². The van der Waals surface area contributed by atoms with Crippen molar-refractivity contribution in [3.63, 3.8) is 0 Å². The first-order chi connectivity index (χ1) is 15.1. The Balaban J connectivity index is 1.84.